The van der Waals surface area contributed by atoms with Crippen molar-refractivity contribution >= 4 is 27.5 Å². The molecule has 20 heavy (non-hydrogen) atoms. The second-order valence-electron chi connectivity index (χ2n) is 4.78. The molecule has 1 aromatic carbocycles. The van der Waals surface area contributed by atoms with Crippen molar-refractivity contribution in [1.29, 1.82) is 0 Å². The van der Waals surface area contributed by atoms with Crippen LogP contribution in [0.15, 0.2) is 28.9 Å². The fourth-order valence-corrected chi connectivity index (χ4v) is 2.84. The van der Waals surface area contributed by atoms with Crippen LogP contribution in [0.1, 0.15) is 37.2 Å². The van der Waals surface area contributed by atoms with Crippen molar-refractivity contribution in [3.05, 3.63) is 51.0 Å². The van der Waals surface area contributed by atoms with Crippen LogP contribution in [0.5, 0.6) is 0 Å². The van der Waals surface area contributed by atoms with E-state index >= 15 is 0 Å². The number of nitrogens with zero attached hydrogens (tertiary/aromatic N) is 2. The molecule has 108 valence electrons. The summed E-state index contributed by atoms with van der Waals surface area (Å²) in [4.78, 5) is 0. The van der Waals surface area contributed by atoms with Gasteiger partial charge in [0.05, 0.1) is 27.4 Å². The van der Waals surface area contributed by atoms with E-state index in [2.05, 4.69) is 26.3 Å². The van der Waals surface area contributed by atoms with E-state index in [4.69, 9.17) is 11.6 Å². The van der Waals surface area contributed by atoms with E-state index in [-0.39, 0.29) is 17.9 Å². The summed E-state index contributed by atoms with van der Waals surface area (Å²) in [6.45, 7) is 4.02. The van der Waals surface area contributed by atoms with Gasteiger partial charge in [-0.05, 0) is 42.9 Å². The number of hydrogen-bond acceptors (Lipinski definition) is 2. The lowest BCUT2D eigenvalue weighted by Crippen LogP contribution is -2.23. The van der Waals surface area contributed by atoms with E-state index in [1.807, 2.05) is 18.5 Å². The standard InChI is InChI=1S/C14H16BrClFN3/c1-8(2)20-14(11(16)7-19-20)13(18-3)9-5-4-6-10(15)12(9)17/h4-8,13,18H,1-3H3. The molecule has 0 bridgehead atoms. The average molecular weight is 361 g/mol. The Labute approximate surface area is 131 Å². The van der Waals surface area contributed by atoms with Crippen LogP contribution in [0.25, 0.3) is 0 Å². The van der Waals surface area contributed by atoms with Gasteiger partial charge in [-0.2, -0.15) is 5.10 Å². The predicted octanol–water partition coefficient (Wildman–Crippen LogP) is 4.33. The van der Waals surface area contributed by atoms with Crippen LogP contribution in [0.2, 0.25) is 5.02 Å². The maximum Gasteiger partial charge on any atom is 0.142 e. The number of benzene rings is 1. The first-order valence-corrected chi connectivity index (χ1v) is 7.48. The van der Waals surface area contributed by atoms with Crippen molar-refractivity contribution in [2.75, 3.05) is 7.05 Å². The molecule has 0 amide bonds. The summed E-state index contributed by atoms with van der Waals surface area (Å²) in [7, 11) is 1.78. The van der Waals surface area contributed by atoms with Crippen molar-refractivity contribution < 1.29 is 4.39 Å². The largest absolute Gasteiger partial charge is 0.308 e. The summed E-state index contributed by atoms with van der Waals surface area (Å²) in [5.41, 5.74) is 1.30. The molecule has 0 saturated carbocycles. The van der Waals surface area contributed by atoms with Gasteiger partial charge in [-0.25, -0.2) is 4.39 Å². The minimum absolute atomic E-state index is 0.142. The maximum absolute atomic E-state index is 14.3. The molecule has 0 aliphatic carbocycles. The normalized spacial score (nSPS) is 12.9. The Morgan fingerprint density at radius 3 is 2.70 bits per heavy atom. The van der Waals surface area contributed by atoms with Crippen LogP contribution in [0, 0.1) is 5.82 Å². The summed E-state index contributed by atoms with van der Waals surface area (Å²) in [5, 5.41) is 7.92. The number of aromatic nitrogens is 2. The Bertz CT molecular complexity index is 612. The minimum Gasteiger partial charge on any atom is -0.308 e. The molecule has 6 heteroatoms. The molecular formula is C14H16BrClFN3. The highest BCUT2D eigenvalue weighted by atomic mass is 79.9. The van der Waals surface area contributed by atoms with E-state index < -0.39 is 0 Å². The predicted molar refractivity (Wildman–Crippen MR) is 82.6 cm³/mol. The smallest absolute Gasteiger partial charge is 0.142 e. The van der Waals surface area contributed by atoms with Crippen LogP contribution >= 0.6 is 27.5 Å². The Kier molecular flexibility index (Phi) is 4.83. The molecule has 2 aromatic rings. The fraction of sp³-hybridized carbons (Fsp3) is 0.357. The molecule has 1 N–H and O–H groups in total. The molecule has 1 aromatic heterocycles. The van der Waals surface area contributed by atoms with E-state index in [1.54, 1.807) is 31.4 Å². The molecule has 1 unspecified atom stereocenters. The summed E-state index contributed by atoms with van der Waals surface area (Å²) in [6, 6.07) is 5.01. The van der Waals surface area contributed by atoms with Gasteiger partial charge in [0.1, 0.15) is 5.82 Å². The van der Waals surface area contributed by atoms with E-state index in [0.29, 0.717) is 15.1 Å². The zero-order valence-corrected chi connectivity index (χ0v) is 13.8. The first-order valence-electron chi connectivity index (χ1n) is 6.31. The fourth-order valence-electron chi connectivity index (χ4n) is 2.22. The molecule has 1 heterocycles. The molecular weight excluding hydrogens is 345 g/mol. The Morgan fingerprint density at radius 1 is 1.40 bits per heavy atom. The van der Waals surface area contributed by atoms with Crippen LogP contribution in [-0.2, 0) is 0 Å². The quantitative estimate of drug-likeness (QED) is 0.879. The molecule has 1 atom stereocenters. The summed E-state index contributed by atoms with van der Waals surface area (Å²) in [5.74, 6) is -0.292. The molecule has 0 fully saturated rings. The minimum atomic E-state index is -0.357. The van der Waals surface area contributed by atoms with Gasteiger partial charge in [-0.3, -0.25) is 4.68 Å². The molecule has 0 spiro atoms. The van der Waals surface area contributed by atoms with Crippen molar-refractivity contribution in [2.45, 2.75) is 25.9 Å². The lowest BCUT2D eigenvalue weighted by Gasteiger charge is -2.21. The topological polar surface area (TPSA) is 29.9 Å². The van der Waals surface area contributed by atoms with Gasteiger partial charge in [0.2, 0.25) is 0 Å². The lowest BCUT2D eigenvalue weighted by atomic mass is 10.0. The Balaban J connectivity index is 2.58. The van der Waals surface area contributed by atoms with Crippen LogP contribution in [-0.4, -0.2) is 16.8 Å². The zero-order chi connectivity index (χ0) is 14.9. The van der Waals surface area contributed by atoms with Crippen molar-refractivity contribution in [3.8, 4) is 0 Å². The third-order valence-corrected chi connectivity index (χ3v) is 4.03. The average Bonchev–Trinajstić information content (AvgIpc) is 2.78. The first-order chi connectivity index (χ1) is 9.47. The van der Waals surface area contributed by atoms with Gasteiger partial charge in [-0.15, -0.1) is 0 Å². The first kappa shape index (κ1) is 15.5. The third-order valence-electron chi connectivity index (χ3n) is 3.13. The monoisotopic (exact) mass is 359 g/mol. The number of rotatable bonds is 4. The van der Waals surface area contributed by atoms with Gasteiger partial charge in [0.15, 0.2) is 0 Å². The molecule has 2 rings (SSSR count). The highest BCUT2D eigenvalue weighted by molar-refractivity contribution is 9.10. The summed E-state index contributed by atoms with van der Waals surface area (Å²) in [6.07, 6.45) is 1.59. The highest BCUT2D eigenvalue weighted by Gasteiger charge is 2.25. The van der Waals surface area contributed by atoms with E-state index in [9.17, 15) is 4.39 Å². The van der Waals surface area contributed by atoms with Crippen molar-refractivity contribution in [3.63, 3.8) is 0 Å². The number of hydrogen-bond donors (Lipinski definition) is 1. The zero-order valence-electron chi connectivity index (χ0n) is 11.5. The van der Waals surface area contributed by atoms with E-state index in [1.165, 1.54) is 0 Å². The summed E-state index contributed by atoms with van der Waals surface area (Å²) >= 11 is 9.46. The molecule has 0 saturated heterocycles. The maximum atomic E-state index is 14.3. The van der Waals surface area contributed by atoms with Gasteiger partial charge < -0.3 is 5.32 Å². The van der Waals surface area contributed by atoms with Gasteiger partial charge >= 0.3 is 0 Å². The van der Waals surface area contributed by atoms with Crippen molar-refractivity contribution in [1.82, 2.24) is 15.1 Å². The van der Waals surface area contributed by atoms with E-state index in [0.717, 1.165) is 5.69 Å². The number of nitrogens with one attached hydrogen (secondary N) is 1. The molecule has 0 radical (unpaired) electrons. The third kappa shape index (κ3) is 2.75. The SMILES string of the molecule is CNC(c1cccc(Br)c1F)c1c(Cl)cnn1C(C)C. The van der Waals surface area contributed by atoms with Crippen LogP contribution in [0.4, 0.5) is 4.39 Å². The van der Waals surface area contributed by atoms with Crippen molar-refractivity contribution in [2.24, 2.45) is 0 Å². The highest BCUT2D eigenvalue weighted by Crippen LogP contribution is 2.33. The Hall–Kier alpha value is -0.910. The second-order valence-corrected chi connectivity index (χ2v) is 6.04. The molecule has 3 nitrogen and oxygen atoms in total. The lowest BCUT2D eigenvalue weighted by molar-refractivity contribution is 0.475. The van der Waals surface area contributed by atoms with Crippen LogP contribution < -0.4 is 5.32 Å². The Morgan fingerprint density at radius 2 is 2.10 bits per heavy atom. The van der Waals surface area contributed by atoms with Gasteiger partial charge in [0, 0.05) is 11.6 Å². The van der Waals surface area contributed by atoms with Gasteiger partial charge in [-0.1, -0.05) is 23.7 Å². The summed E-state index contributed by atoms with van der Waals surface area (Å²) < 4.78 is 16.6. The second kappa shape index (κ2) is 6.24. The molecule has 0 aliphatic heterocycles. The van der Waals surface area contributed by atoms with Gasteiger partial charge in [0.25, 0.3) is 0 Å². The number of halogens is 3. The molecule has 0 aliphatic rings. The van der Waals surface area contributed by atoms with Crippen LogP contribution in [0.3, 0.4) is 0 Å².